The molecule has 11 heteroatoms. The van der Waals surface area contributed by atoms with Crippen molar-refractivity contribution < 1.29 is 48.0 Å². The predicted molar refractivity (Wildman–Crippen MR) is 155 cm³/mol. The Balaban J connectivity index is 1.71. The Morgan fingerprint density at radius 1 is 0.886 bits per heavy atom. The molecule has 0 aromatic rings. The number of carbonyl (C=O) groups is 5. The van der Waals surface area contributed by atoms with Crippen molar-refractivity contribution >= 4 is 29.5 Å². The summed E-state index contributed by atoms with van der Waals surface area (Å²) >= 11 is 0. The third kappa shape index (κ3) is 4.83. The summed E-state index contributed by atoms with van der Waals surface area (Å²) in [6.45, 7) is 13.8. The van der Waals surface area contributed by atoms with Crippen molar-refractivity contribution in [3.63, 3.8) is 0 Å². The summed E-state index contributed by atoms with van der Waals surface area (Å²) in [6, 6.07) is 0. The molecule has 0 aromatic carbocycles. The van der Waals surface area contributed by atoms with Gasteiger partial charge in [-0.05, 0) is 63.7 Å². The molecule has 5 aliphatic rings. The summed E-state index contributed by atoms with van der Waals surface area (Å²) in [5.41, 5.74) is -5.60. The van der Waals surface area contributed by atoms with Gasteiger partial charge in [-0.25, -0.2) is 0 Å². The minimum Gasteiger partial charge on any atom is -0.458 e. The van der Waals surface area contributed by atoms with Gasteiger partial charge in [-0.1, -0.05) is 13.8 Å². The number of Topliss-reactive ketones (excluding diaryl/α,β-unsaturated/α-hetero) is 2. The number of rotatable bonds is 5. The number of nitrogens with zero attached hydrogens (tertiary/aromatic N) is 1. The zero-order valence-corrected chi connectivity index (χ0v) is 27.4. The van der Waals surface area contributed by atoms with Crippen LogP contribution in [0.25, 0.3) is 0 Å². The number of esters is 3. The van der Waals surface area contributed by atoms with Crippen LogP contribution in [0.5, 0.6) is 0 Å². The van der Waals surface area contributed by atoms with E-state index in [0.717, 1.165) is 12.8 Å². The Morgan fingerprint density at radius 3 is 2.09 bits per heavy atom. The zero-order valence-electron chi connectivity index (χ0n) is 27.4. The molecule has 11 nitrogen and oxygen atoms in total. The van der Waals surface area contributed by atoms with Gasteiger partial charge in [0.15, 0.2) is 0 Å². The minimum atomic E-state index is -2.42. The molecule has 3 unspecified atom stereocenters. The molecule has 44 heavy (non-hydrogen) atoms. The van der Waals surface area contributed by atoms with Crippen LogP contribution in [0.2, 0.25) is 0 Å². The Morgan fingerprint density at radius 2 is 1.52 bits per heavy atom. The molecule has 1 aliphatic heterocycles. The minimum absolute atomic E-state index is 0.0161. The number of hydrogen-bond acceptors (Lipinski definition) is 11. The molecule has 0 spiro atoms. The first-order valence-electron chi connectivity index (χ1n) is 16.0. The second kappa shape index (κ2) is 10.6. The molecule has 0 radical (unpaired) electrons. The lowest BCUT2D eigenvalue weighted by Gasteiger charge is -2.69. The van der Waals surface area contributed by atoms with Crippen LogP contribution in [-0.4, -0.2) is 81.9 Å². The Kier molecular flexibility index (Phi) is 7.94. The van der Waals surface area contributed by atoms with E-state index in [4.69, 9.17) is 18.9 Å². The van der Waals surface area contributed by atoms with Crippen LogP contribution in [0.4, 0.5) is 0 Å². The monoisotopic (exact) mass is 619 g/mol. The lowest BCUT2D eigenvalue weighted by Crippen LogP contribution is -2.81. The first kappa shape index (κ1) is 33.0. The van der Waals surface area contributed by atoms with Gasteiger partial charge in [0.2, 0.25) is 5.72 Å². The van der Waals surface area contributed by atoms with E-state index in [0.29, 0.717) is 12.8 Å². The maximum atomic E-state index is 14.5. The zero-order chi connectivity index (χ0) is 32.7. The van der Waals surface area contributed by atoms with Crippen molar-refractivity contribution in [2.45, 2.75) is 123 Å². The SMILES string of the molecule is CC(=O)OC1(O)CC2(OC(C)=O)CC[C@H]3[C@@H]4CC[C@H](C(C)=O)[C@@]4(C)CC(=O)[C@@H]3[C@@]2(C)CC1(OC(C)=O)N1CCOC(C)(C)C1. The third-order valence-electron chi connectivity index (χ3n) is 12.0. The maximum Gasteiger partial charge on any atom is 0.305 e. The van der Waals surface area contributed by atoms with E-state index in [9.17, 15) is 29.1 Å². The molecule has 0 amide bonds. The van der Waals surface area contributed by atoms with Gasteiger partial charge < -0.3 is 24.1 Å². The highest BCUT2D eigenvalue weighted by molar-refractivity contribution is 5.87. The fourth-order valence-electron chi connectivity index (χ4n) is 10.7. The van der Waals surface area contributed by atoms with Crippen molar-refractivity contribution in [2.24, 2.45) is 34.5 Å². The van der Waals surface area contributed by atoms with Crippen LogP contribution >= 0.6 is 0 Å². The van der Waals surface area contributed by atoms with E-state index in [1.54, 1.807) is 11.8 Å². The fraction of sp³-hybridized carbons (Fsp3) is 0.848. The normalized spacial score (nSPS) is 44.9. The summed E-state index contributed by atoms with van der Waals surface area (Å²) < 4.78 is 24.1. The second-order valence-electron chi connectivity index (χ2n) is 15.3. The highest BCUT2D eigenvalue weighted by Gasteiger charge is 2.79. The summed E-state index contributed by atoms with van der Waals surface area (Å²) in [5, 5.41) is 12.6. The average Bonchev–Trinajstić information content (AvgIpc) is 3.20. The number of ether oxygens (including phenoxy) is 4. The molecule has 246 valence electrons. The molecule has 1 N–H and O–H groups in total. The standard InChI is InChI=1S/C33H49NO10/c1-19(35)24-9-10-25-23-11-12-31(42-20(2)36)17-33(40,44-22(4)38)32(43-21(3)37,34-13-14-41-28(5,6)18-34)16-30(31,8)27(23)26(39)15-29(24,25)7/h23-25,27,40H,9-18H2,1-8H3/t23-,24+,25-,27+,29+,30+,31?,32?,33?/m0/s1. The topological polar surface area (TPSA) is 146 Å². The molecule has 4 saturated carbocycles. The second-order valence-corrected chi connectivity index (χ2v) is 15.3. The number of ketones is 2. The van der Waals surface area contributed by atoms with Crippen LogP contribution in [0, 0.1) is 34.5 Å². The van der Waals surface area contributed by atoms with Gasteiger partial charge in [0.1, 0.15) is 17.2 Å². The summed E-state index contributed by atoms with van der Waals surface area (Å²) in [4.78, 5) is 67.4. The first-order chi connectivity index (χ1) is 20.2. The molecule has 1 heterocycles. The van der Waals surface area contributed by atoms with Gasteiger partial charge in [0.05, 0.1) is 18.6 Å². The van der Waals surface area contributed by atoms with E-state index < -0.39 is 57.4 Å². The molecule has 5 fully saturated rings. The van der Waals surface area contributed by atoms with Crippen molar-refractivity contribution in [2.75, 3.05) is 19.7 Å². The summed E-state index contributed by atoms with van der Waals surface area (Å²) in [5.74, 6) is -5.20. The van der Waals surface area contributed by atoms with Crippen LogP contribution in [0.1, 0.15) is 100 Å². The van der Waals surface area contributed by atoms with E-state index in [1.807, 2.05) is 20.8 Å². The number of morpholine rings is 1. The van der Waals surface area contributed by atoms with Crippen LogP contribution in [0.15, 0.2) is 0 Å². The predicted octanol–water partition coefficient (Wildman–Crippen LogP) is 3.33. The van der Waals surface area contributed by atoms with E-state index in [-0.39, 0.29) is 68.3 Å². The van der Waals surface area contributed by atoms with Crippen LogP contribution < -0.4 is 0 Å². The molecule has 9 atom stereocenters. The Hall–Kier alpha value is -2.37. The lowest BCUT2D eigenvalue weighted by molar-refractivity contribution is -0.399. The summed E-state index contributed by atoms with van der Waals surface area (Å²) in [6.07, 6.45) is 2.10. The Labute approximate surface area is 259 Å². The molecular weight excluding hydrogens is 570 g/mol. The first-order valence-corrected chi connectivity index (χ1v) is 16.0. The maximum absolute atomic E-state index is 14.5. The van der Waals surface area contributed by atoms with Gasteiger partial charge in [0, 0.05) is 64.0 Å². The smallest absolute Gasteiger partial charge is 0.305 e. The molecule has 0 aromatic heterocycles. The van der Waals surface area contributed by atoms with Crippen molar-refractivity contribution in [3.05, 3.63) is 0 Å². The number of fused-ring (bicyclic) bond motifs is 5. The average molecular weight is 620 g/mol. The van der Waals surface area contributed by atoms with E-state index in [1.165, 1.54) is 20.8 Å². The lowest BCUT2D eigenvalue weighted by atomic mass is 9.41. The van der Waals surface area contributed by atoms with Crippen molar-refractivity contribution in [1.29, 1.82) is 0 Å². The number of hydrogen-bond donors (Lipinski definition) is 1. The van der Waals surface area contributed by atoms with Gasteiger partial charge >= 0.3 is 17.9 Å². The number of aliphatic hydroxyl groups is 1. The van der Waals surface area contributed by atoms with E-state index in [2.05, 4.69) is 6.92 Å². The molecule has 0 bridgehead atoms. The molecular formula is C33H49NO10. The van der Waals surface area contributed by atoms with Crippen molar-refractivity contribution in [1.82, 2.24) is 4.90 Å². The summed E-state index contributed by atoms with van der Waals surface area (Å²) in [7, 11) is 0. The molecule has 5 rings (SSSR count). The van der Waals surface area contributed by atoms with Gasteiger partial charge in [-0.15, -0.1) is 0 Å². The highest BCUT2D eigenvalue weighted by atomic mass is 16.7. The Bertz CT molecular complexity index is 1260. The van der Waals surface area contributed by atoms with Crippen LogP contribution in [0.3, 0.4) is 0 Å². The van der Waals surface area contributed by atoms with Gasteiger partial charge in [-0.2, -0.15) is 0 Å². The van der Waals surface area contributed by atoms with Crippen LogP contribution in [-0.2, 0) is 42.9 Å². The number of carbonyl (C=O) groups excluding carboxylic acids is 5. The van der Waals surface area contributed by atoms with E-state index >= 15 is 0 Å². The highest BCUT2D eigenvalue weighted by Crippen LogP contribution is 2.71. The third-order valence-corrected chi connectivity index (χ3v) is 12.0. The van der Waals surface area contributed by atoms with Crippen molar-refractivity contribution in [3.8, 4) is 0 Å². The largest absolute Gasteiger partial charge is 0.458 e. The van der Waals surface area contributed by atoms with Gasteiger partial charge in [0.25, 0.3) is 5.79 Å². The van der Waals surface area contributed by atoms with Gasteiger partial charge in [-0.3, -0.25) is 28.9 Å². The molecule has 4 aliphatic carbocycles. The molecule has 1 saturated heterocycles. The quantitative estimate of drug-likeness (QED) is 0.275. The fourth-order valence-corrected chi connectivity index (χ4v) is 10.7.